The van der Waals surface area contributed by atoms with E-state index in [1.165, 1.54) is 11.3 Å². The van der Waals surface area contributed by atoms with Crippen LogP contribution in [0.25, 0.3) is 0 Å². The number of Topliss-reactive ketones (excluding diaryl/α,β-unsaturated/α-hetero) is 1. The third-order valence-corrected chi connectivity index (χ3v) is 6.53. The molecule has 0 saturated carbocycles. The molecule has 1 aliphatic carbocycles. The van der Waals surface area contributed by atoms with Crippen molar-refractivity contribution in [1.82, 2.24) is 0 Å². The number of carbonyl (C=O) groups is 3. The summed E-state index contributed by atoms with van der Waals surface area (Å²) in [6.07, 6.45) is 3.68. The van der Waals surface area contributed by atoms with Crippen LogP contribution in [0.5, 0.6) is 11.5 Å². The van der Waals surface area contributed by atoms with Crippen LogP contribution in [0.15, 0.2) is 18.2 Å². The first-order chi connectivity index (χ1) is 15.5. The molecule has 0 spiro atoms. The van der Waals surface area contributed by atoms with Crippen molar-refractivity contribution in [1.29, 1.82) is 5.26 Å². The number of rotatable bonds is 7. The SMILES string of the molecule is N#Cc1c(NC(=O)COC(=O)CCC(=O)c2ccc3c(c2)OCCO3)sc2c1CCCC2. The fourth-order valence-electron chi connectivity index (χ4n) is 3.73. The molecule has 9 heteroatoms. The Morgan fingerprint density at radius 3 is 2.69 bits per heavy atom. The number of nitrogens with zero attached hydrogens (tertiary/aromatic N) is 1. The quantitative estimate of drug-likeness (QED) is 0.503. The lowest BCUT2D eigenvalue weighted by molar-refractivity contribution is -0.147. The molecule has 2 aliphatic rings. The predicted molar refractivity (Wildman–Crippen MR) is 116 cm³/mol. The standard InChI is InChI=1S/C23H22N2O6S/c24-12-16-15-3-1-2-4-20(15)32-23(16)25-21(27)13-31-22(28)8-6-17(26)14-5-7-18-19(11-14)30-10-9-29-18/h5,7,11H,1-4,6,8-10,13H2,(H,25,27). The number of aryl methyl sites for hydroxylation is 1. The van der Waals surface area contributed by atoms with E-state index in [9.17, 15) is 19.6 Å². The lowest BCUT2D eigenvalue weighted by Crippen LogP contribution is -2.21. The van der Waals surface area contributed by atoms with Crippen molar-refractivity contribution in [2.75, 3.05) is 25.1 Å². The second-order valence-electron chi connectivity index (χ2n) is 7.52. The number of anilines is 1. The third kappa shape index (κ3) is 4.92. The van der Waals surface area contributed by atoms with E-state index in [0.29, 0.717) is 40.8 Å². The van der Waals surface area contributed by atoms with Gasteiger partial charge in [-0.3, -0.25) is 14.4 Å². The maximum Gasteiger partial charge on any atom is 0.306 e. The van der Waals surface area contributed by atoms with E-state index in [0.717, 1.165) is 36.1 Å². The average molecular weight is 455 g/mol. The smallest absolute Gasteiger partial charge is 0.306 e. The number of fused-ring (bicyclic) bond motifs is 2. The van der Waals surface area contributed by atoms with Crippen LogP contribution >= 0.6 is 11.3 Å². The number of carbonyl (C=O) groups excluding carboxylic acids is 3. The lowest BCUT2D eigenvalue weighted by atomic mass is 9.96. The number of thiophene rings is 1. The Bertz CT molecular complexity index is 1100. The van der Waals surface area contributed by atoms with Gasteiger partial charge in [0.25, 0.3) is 5.91 Å². The number of ether oxygens (including phenoxy) is 3. The highest BCUT2D eigenvalue weighted by atomic mass is 32.1. The second-order valence-corrected chi connectivity index (χ2v) is 8.62. The van der Waals surface area contributed by atoms with Crippen molar-refractivity contribution in [3.05, 3.63) is 39.8 Å². The molecule has 0 atom stereocenters. The number of benzene rings is 1. The average Bonchev–Trinajstić information content (AvgIpc) is 3.17. The first-order valence-corrected chi connectivity index (χ1v) is 11.3. The van der Waals surface area contributed by atoms with E-state index < -0.39 is 18.5 Å². The molecule has 0 radical (unpaired) electrons. The van der Waals surface area contributed by atoms with Gasteiger partial charge in [0.1, 0.15) is 24.3 Å². The van der Waals surface area contributed by atoms with Crippen LogP contribution in [0, 0.1) is 11.3 Å². The Morgan fingerprint density at radius 2 is 1.88 bits per heavy atom. The number of hydrogen-bond acceptors (Lipinski definition) is 8. The van der Waals surface area contributed by atoms with Gasteiger partial charge in [-0.2, -0.15) is 5.26 Å². The van der Waals surface area contributed by atoms with Gasteiger partial charge in [0.15, 0.2) is 23.9 Å². The summed E-state index contributed by atoms with van der Waals surface area (Å²) in [4.78, 5) is 37.7. The molecule has 8 nitrogen and oxygen atoms in total. The lowest BCUT2D eigenvalue weighted by Gasteiger charge is -2.18. The minimum Gasteiger partial charge on any atom is -0.486 e. The zero-order valence-corrected chi connectivity index (χ0v) is 18.2. The van der Waals surface area contributed by atoms with Gasteiger partial charge < -0.3 is 19.5 Å². The van der Waals surface area contributed by atoms with Crippen LogP contribution < -0.4 is 14.8 Å². The van der Waals surface area contributed by atoms with E-state index in [4.69, 9.17) is 14.2 Å². The summed E-state index contributed by atoms with van der Waals surface area (Å²) < 4.78 is 15.9. The first kappa shape index (κ1) is 21.8. The van der Waals surface area contributed by atoms with Gasteiger partial charge in [-0.05, 0) is 49.4 Å². The molecule has 166 valence electrons. The number of amides is 1. The summed E-state index contributed by atoms with van der Waals surface area (Å²) in [5, 5.41) is 12.6. The minimum atomic E-state index is -0.642. The van der Waals surface area contributed by atoms with Crippen molar-refractivity contribution in [3.63, 3.8) is 0 Å². The molecule has 32 heavy (non-hydrogen) atoms. The van der Waals surface area contributed by atoms with Crippen LogP contribution in [-0.2, 0) is 27.2 Å². The molecular weight excluding hydrogens is 432 g/mol. The molecule has 1 N–H and O–H groups in total. The van der Waals surface area contributed by atoms with Crippen LogP contribution in [0.4, 0.5) is 5.00 Å². The van der Waals surface area contributed by atoms with Gasteiger partial charge in [-0.1, -0.05) is 0 Å². The highest BCUT2D eigenvalue weighted by Crippen LogP contribution is 2.37. The predicted octanol–water partition coefficient (Wildman–Crippen LogP) is 3.41. The van der Waals surface area contributed by atoms with Gasteiger partial charge in [-0.25, -0.2) is 0 Å². The molecule has 0 saturated heterocycles. The topological polar surface area (TPSA) is 115 Å². The molecule has 4 rings (SSSR count). The first-order valence-electron chi connectivity index (χ1n) is 10.5. The number of esters is 1. The Kier molecular flexibility index (Phi) is 6.71. The van der Waals surface area contributed by atoms with E-state index in [1.807, 2.05) is 0 Å². The van der Waals surface area contributed by atoms with E-state index in [2.05, 4.69) is 11.4 Å². The molecule has 1 aliphatic heterocycles. The fraction of sp³-hybridized carbons (Fsp3) is 0.391. The molecule has 2 aromatic rings. The second kappa shape index (κ2) is 9.83. The Balaban J connectivity index is 1.25. The van der Waals surface area contributed by atoms with Crippen LogP contribution in [0.2, 0.25) is 0 Å². The van der Waals surface area contributed by atoms with Gasteiger partial charge in [0.05, 0.1) is 12.0 Å². The van der Waals surface area contributed by atoms with Crippen molar-refractivity contribution < 1.29 is 28.6 Å². The molecule has 1 aromatic heterocycles. The maximum atomic E-state index is 12.4. The highest BCUT2D eigenvalue weighted by molar-refractivity contribution is 7.16. The molecule has 1 amide bonds. The van der Waals surface area contributed by atoms with E-state index in [-0.39, 0.29) is 18.6 Å². The highest BCUT2D eigenvalue weighted by Gasteiger charge is 2.22. The molecule has 2 heterocycles. The zero-order valence-electron chi connectivity index (χ0n) is 17.4. The molecule has 0 fully saturated rings. The normalized spacial score (nSPS) is 14.1. The number of nitrogens with one attached hydrogen (secondary N) is 1. The number of hydrogen-bond donors (Lipinski definition) is 1. The maximum absolute atomic E-state index is 12.4. The monoisotopic (exact) mass is 454 g/mol. The zero-order chi connectivity index (χ0) is 22.5. The van der Waals surface area contributed by atoms with Gasteiger partial charge >= 0.3 is 5.97 Å². The summed E-state index contributed by atoms with van der Waals surface area (Å²) in [5.41, 5.74) is 1.95. The summed E-state index contributed by atoms with van der Waals surface area (Å²) >= 11 is 1.41. The Labute approximate surface area is 189 Å². The van der Waals surface area contributed by atoms with Crippen molar-refractivity contribution in [2.24, 2.45) is 0 Å². The molecule has 0 unspecified atom stereocenters. The van der Waals surface area contributed by atoms with Crippen LogP contribution in [0.3, 0.4) is 0 Å². The van der Waals surface area contributed by atoms with Crippen molar-refractivity contribution in [2.45, 2.75) is 38.5 Å². The summed E-state index contributed by atoms with van der Waals surface area (Å²) in [5.74, 6) is -0.285. The number of nitriles is 1. The Morgan fingerprint density at radius 1 is 1.09 bits per heavy atom. The van der Waals surface area contributed by atoms with Crippen LogP contribution in [0.1, 0.15) is 52.0 Å². The van der Waals surface area contributed by atoms with E-state index in [1.54, 1.807) is 18.2 Å². The Hall–Kier alpha value is -3.38. The minimum absolute atomic E-state index is 0.0453. The van der Waals surface area contributed by atoms with Gasteiger partial charge in [0, 0.05) is 16.9 Å². The molecular formula is C23H22N2O6S. The van der Waals surface area contributed by atoms with Gasteiger partial charge in [-0.15, -0.1) is 11.3 Å². The summed E-state index contributed by atoms with van der Waals surface area (Å²) in [6, 6.07) is 7.07. The summed E-state index contributed by atoms with van der Waals surface area (Å²) in [6.45, 7) is 0.416. The third-order valence-electron chi connectivity index (χ3n) is 5.32. The summed E-state index contributed by atoms with van der Waals surface area (Å²) in [7, 11) is 0. The van der Waals surface area contributed by atoms with Crippen molar-refractivity contribution >= 4 is 34.0 Å². The fourth-order valence-corrected chi connectivity index (χ4v) is 4.99. The van der Waals surface area contributed by atoms with E-state index >= 15 is 0 Å². The van der Waals surface area contributed by atoms with Gasteiger partial charge in [0.2, 0.25) is 0 Å². The molecule has 1 aromatic carbocycles. The largest absolute Gasteiger partial charge is 0.486 e. The van der Waals surface area contributed by atoms with Crippen molar-refractivity contribution in [3.8, 4) is 17.6 Å². The number of ketones is 1. The van der Waals surface area contributed by atoms with Crippen LogP contribution in [-0.4, -0.2) is 37.5 Å². The molecule has 0 bridgehead atoms.